The fraction of sp³-hybridized carbons (Fsp3) is 0.389. The highest BCUT2D eigenvalue weighted by molar-refractivity contribution is 6.35. The van der Waals surface area contributed by atoms with Crippen molar-refractivity contribution < 1.29 is 9.53 Å². The first-order valence-corrected chi connectivity index (χ1v) is 9.34. The zero-order valence-electron chi connectivity index (χ0n) is 14.3. The minimum atomic E-state index is -0.340. The van der Waals surface area contributed by atoms with Crippen LogP contribution >= 0.6 is 23.2 Å². The second-order valence-electron chi connectivity index (χ2n) is 6.09. The van der Waals surface area contributed by atoms with Crippen molar-refractivity contribution in [2.24, 2.45) is 0 Å². The standard InChI is InChI=1S/C18H20Cl2N4O2/c19-13-5-6-15(14(20)11-13)26-12-18(25)21-16-7-8-17(23-22-16)24-9-3-1-2-4-10-24/h5-8,11H,1-4,9-10,12H2,(H,21,22,25). The SMILES string of the molecule is O=C(COc1ccc(Cl)cc1Cl)Nc1ccc(N2CCCCCC2)nn1. The van der Waals surface area contributed by atoms with Crippen LogP contribution in [0, 0.1) is 0 Å². The summed E-state index contributed by atoms with van der Waals surface area (Å²) in [5.41, 5.74) is 0. The lowest BCUT2D eigenvalue weighted by atomic mass is 10.2. The van der Waals surface area contributed by atoms with E-state index in [9.17, 15) is 4.79 Å². The summed E-state index contributed by atoms with van der Waals surface area (Å²) in [6.45, 7) is 1.81. The van der Waals surface area contributed by atoms with Crippen LogP contribution < -0.4 is 15.0 Å². The second kappa shape index (κ2) is 9.05. The molecule has 6 nitrogen and oxygen atoms in total. The number of rotatable bonds is 5. The Morgan fingerprint density at radius 3 is 2.50 bits per heavy atom. The summed E-state index contributed by atoms with van der Waals surface area (Å²) in [6.07, 6.45) is 4.86. The topological polar surface area (TPSA) is 67.3 Å². The van der Waals surface area contributed by atoms with Gasteiger partial charge in [-0.15, -0.1) is 10.2 Å². The Labute approximate surface area is 162 Å². The molecule has 1 amide bonds. The lowest BCUT2D eigenvalue weighted by molar-refractivity contribution is -0.118. The summed E-state index contributed by atoms with van der Waals surface area (Å²) < 4.78 is 5.40. The van der Waals surface area contributed by atoms with E-state index in [-0.39, 0.29) is 12.5 Å². The van der Waals surface area contributed by atoms with Gasteiger partial charge in [-0.25, -0.2) is 0 Å². The van der Waals surface area contributed by atoms with Gasteiger partial charge >= 0.3 is 0 Å². The lowest BCUT2D eigenvalue weighted by Crippen LogP contribution is -2.25. The van der Waals surface area contributed by atoms with Gasteiger partial charge in [-0.2, -0.15) is 0 Å². The van der Waals surface area contributed by atoms with Gasteiger partial charge in [0.15, 0.2) is 18.2 Å². The van der Waals surface area contributed by atoms with Crippen LogP contribution in [-0.4, -0.2) is 35.8 Å². The average molecular weight is 395 g/mol. The van der Waals surface area contributed by atoms with Crippen molar-refractivity contribution in [1.29, 1.82) is 0 Å². The lowest BCUT2D eigenvalue weighted by Gasteiger charge is -2.20. The Bertz CT molecular complexity index is 747. The fourth-order valence-corrected chi connectivity index (χ4v) is 3.24. The van der Waals surface area contributed by atoms with Crippen LogP contribution in [0.15, 0.2) is 30.3 Å². The van der Waals surface area contributed by atoms with Gasteiger partial charge in [0.2, 0.25) is 0 Å². The molecule has 3 rings (SSSR count). The molecule has 1 saturated heterocycles. The number of carbonyl (C=O) groups excluding carboxylic acids is 1. The molecule has 0 bridgehead atoms. The van der Waals surface area contributed by atoms with Crippen LogP contribution in [0.3, 0.4) is 0 Å². The zero-order chi connectivity index (χ0) is 18.4. The first-order valence-electron chi connectivity index (χ1n) is 8.58. The van der Waals surface area contributed by atoms with E-state index in [0.717, 1.165) is 18.9 Å². The maximum absolute atomic E-state index is 12.0. The van der Waals surface area contributed by atoms with Crippen molar-refractivity contribution in [3.8, 4) is 5.75 Å². The molecule has 1 aromatic carbocycles. The quantitative estimate of drug-likeness (QED) is 0.823. The van der Waals surface area contributed by atoms with Crippen LogP contribution in [0.1, 0.15) is 25.7 Å². The normalized spacial score (nSPS) is 14.6. The summed E-state index contributed by atoms with van der Waals surface area (Å²) >= 11 is 11.8. The first kappa shape index (κ1) is 18.7. The van der Waals surface area contributed by atoms with Crippen molar-refractivity contribution in [3.05, 3.63) is 40.4 Å². The van der Waals surface area contributed by atoms with E-state index in [1.807, 2.05) is 6.07 Å². The van der Waals surface area contributed by atoms with Gasteiger partial charge in [-0.05, 0) is 43.2 Å². The van der Waals surface area contributed by atoms with Crippen molar-refractivity contribution in [1.82, 2.24) is 10.2 Å². The van der Waals surface area contributed by atoms with E-state index in [4.69, 9.17) is 27.9 Å². The van der Waals surface area contributed by atoms with Gasteiger partial charge in [-0.3, -0.25) is 4.79 Å². The number of ether oxygens (including phenoxy) is 1. The monoisotopic (exact) mass is 394 g/mol. The number of hydrogen-bond acceptors (Lipinski definition) is 5. The Kier molecular flexibility index (Phi) is 6.52. The maximum atomic E-state index is 12.0. The number of nitrogens with one attached hydrogen (secondary N) is 1. The molecule has 0 radical (unpaired) electrons. The van der Waals surface area contributed by atoms with E-state index in [2.05, 4.69) is 20.4 Å². The maximum Gasteiger partial charge on any atom is 0.263 e. The third kappa shape index (κ3) is 5.22. The molecular weight excluding hydrogens is 375 g/mol. The number of amides is 1. The molecule has 0 spiro atoms. The van der Waals surface area contributed by atoms with E-state index in [1.54, 1.807) is 24.3 Å². The minimum Gasteiger partial charge on any atom is -0.482 e. The van der Waals surface area contributed by atoms with Crippen molar-refractivity contribution in [3.63, 3.8) is 0 Å². The van der Waals surface area contributed by atoms with Gasteiger partial charge in [0.25, 0.3) is 5.91 Å². The minimum absolute atomic E-state index is 0.184. The zero-order valence-corrected chi connectivity index (χ0v) is 15.8. The molecule has 2 aromatic rings. The average Bonchev–Trinajstić information content (AvgIpc) is 2.91. The molecule has 1 N–H and O–H groups in total. The van der Waals surface area contributed by atoms with Gasteiger partial charge in [-0.1, -0.05) is 36.0 Å². The summed E-state index contributed by atoms with van der Waals surface area (Å²) in [4.78, 5) is 14.2. The second-order valence-corrected chi connectivity index (χ2v) is 6.93. The predicted molar refractivity (Wildman–Crippen MR) is 103 cm³/mol. The van der Waals surface area contributed by atoms with E-state index >= 15 is 0 Å². The van der Waals surface area contributed by atoms with Crippen LogP contribution in [0.2, 0.25) is 10.0 Å². The molecule has 1 fully saturated rings. The Balaban J connectivity index is 1.52. The summed E-state index contributed by atoms with van der Waals surface area (Å²) in [7, 11) is 0. The number of hydrogen-bond donors (Lipinski definition) is 1. The molecule has 0 saturated carbocycles. The highest BCUT2D eigenvalue weighted by Gasteiger charge is 2.12. The molecule has 2 heterocycles. The largest absolute Gasteiger partial charge is 0.482 e. The smallest absolute Gasteiger partial charge is 0.263 e. The molecule has 0 aliphatic carbocycles. The molecule has 138 valence electrons. The van der Waals surface area contributed by atoms with Crippen molar-refractivity contribution in [2.45, 2.75) is 25.7 Å². The van der Waals surface area contributed by atoms with Crippen molar-refractivity contribution in [2.75, 3.05) is 29.9 Å². The molecule has 1 aromatic heterocycles. The number of benzene rings is 1. The van der Waals surface area contributed by atoms with Crippen LogP contribution in [0.4, 0.5) is 11.6 Å². The van der Waals surface area contributed by atoms with Gasteiger partial charge in [0.05, 0.1) is 5.02 Å². The third-order valence-electron chi connectivity index (χ3n) is 4.10. The number of carbonyl (C=O) groups is 1. The summed E-state index contributed by atoms with van der Waals surface area (Å²) in [6, 6.07) is 8.45. The number of aromatic nitrogens is 2. The highest BCUT2D eigenvalue weighted by atomic mass is 35.5. The van der Waals surface area contributed by atoms with E-state index in [1.165, 1.54) is 25.7 Å². The fourth-order valence-electron chi connectivity index (χ4n) is 2.77. The van der Waals surface area contributed by atoms with Gasteiger partial charge in [0, 0.05) is 18.1 Å². The van der Waals surface area contributed by atoms with Crippen LogP contribution in [0.25, 0.3) is 0 Å². The van der Waals surface area contributed by atoms with Crippen LogP contribution in [0.5, 0.6) is 5.75 Å². The molecule has 0 unspecified atom stereocenters. The molecular formula is C18H20Cl2N4O2. The molecule has 0 atom stereocenters. The highest BCUT2D eigenvalue weighted by Crippen LogP contribution is 2.27. The molecule has 8 heteroatoms. The van der Waals surface area contributed by atoms with Crippen molar-refractivity contribution >= 4 is 40.7 Å². The van der Waals surface area contributed by atoms with E-state index in [0.29, 0.717) is 21.6 Å². The number of nitrogens with zero attached hydrogens (tertiary/aromatic N) is 3. The van der Waals surface area contributed by atoms with Gasteiger partial charge < -0.3 is 15.0 Å². The van der Waals surface area contributed by atoms with Gasteiger partial charge in [0.1, 0.15) is 5.75 Å². The Hall–Kier alpha value is -2.05. The first-order chi connectivity index (χ1) is 12.6. The molecule has 1 aliphatic heterocycles. The number of anilines is 2. The van der Waals surface area contributed by atoms with E-state index < -0.39 is 0 Å². The summed E-state index contributed by atoms with van der Waals surface area (Å²) in [5, 5.41) is 11.8. The number of halogens is 2. The Morgan fingerprint density at radius 2 is 1.85 bits per heavy atom. The molecule has 1 aliphatic rings. The molecule has 26 heavy (non-hydrogen) atoms. The predicted octanol–water partition coefficient (Wildman–Crippen LogP) is 4.18. The summed E-state index contributed by atoms with van der Waals surface area (Å²) in [5.74, 6) is 1.29. The third-order valence-corrected chi connectivity index (χ3v) is 4.63. The Morgan fingerprint density at radius 1 is 1.08 bits per heavy atom. The van der Waals surface area contributed by atoms with Crippen LogP contribution in [-0.2, 0) is 4.79 Å².